The van der Waals surface area contributed by atoms with Crippen LogP contribution in [0.2, 0.25) is 0 Å². The third-order valence-corrected chi connectivity index (χ3v) is 4.51. The van der Waals surface area contributed by atoms with Gasteiger partial charge in [0, 0.05) is 23.7 Å². The largest absolute Gasteiger partial charge is 0.486 e. The number of carbonyl (C=O) groups is 2. The highest BCUT2D eigenvalue weighted by Crippen LogP contribution is 2.30. The Morgan fingerprint density at radius 1 is 1.07 bits per heavy atom. The zero-order valence-electron chi connectivity index (χ0n) is 15.6. The molecule has 6 heteroatoms. The molecule has 0 aliphatic carbocycles. The first-order valence-electron chi connectivity index (χ1n) is 9.14. The molecule has 2 aromatic carbocycles. The SMILES string of the molecule is CCC(C)C(=O)Nc1cccc(CNC(=O)c2ccc3c(c2)OCCO3)c1. The Hall–Kier alpha value is -3.02. The maximum atomic E-state index is 12.4. The van der Waals surface area contributed by atoms with Crippen LogP contribution in [0, 0.1) is 5.92 Å². The van der Waals surface area contributed by atoms with Crippen molar-refractivity contribution in [2.75, 3.05) is 18.5 Å². The summed E-state index contributed by atoms with van der Waals surface area (Å²) in [7, 11) is 0. The molecule has 1 aliphatic heterocycles. The normalized spacial score (nSPS) is 13.6. The van der Waals surface area contributed by atoms with E-state index in [4.69, 9.17) is 9.47 Å². The van der Waals surface area contributed by atoms with Crippen LogP contribution in [-0.2, 0) is 11.3 Å². The van der Waals surface area contributed by atoms with Gasteiger partial charge in [-0.1, -0.05) is 26.0 Å². The quantitative estimate of drug-likeness (QED) is 0.820. The molecule has 2 N–H and O–H groups in total. The molecular formula is C21H24N2O4. The van der Waals surface area contributed by atoms with E-state index in [2.05, 4.69) is 10.6 Å². The summed E-state index contributed by atoms with van der Waals surface area (Å²) in [5, 5.41) is 5.79. The van der Waals surface area contributed by atoms with Gasteiger partial charge < -0.3 is 20.1 Å². The minimum Gasteiger partial charge on any atom is -0.486 e. The average Bonchev–Trinajstić information content (AvgIpc) is 2.71. The van der Waals surface area contributed by atoms with Gasteiger partial charge in [-0.2, -0.15) is 0 Å². The van der Waals surface area contributed by atoms with Crippen LogP contribution in [-0.4, -0.2) is 25.0 Å². The van der Waals surface area contributed by atoms with Crippen molar-refractivity contribution >= 4 is 17.5 Å². The second kappa shape index (κ2) is 8.58. The van der Waals surface area contributed by atoms with E-state index in [9.17, 15) is 9.59 Å². The lowest BCUT2D eigenvalue weighted by Crippen LogP contribution is -2.24. The molecule has 2 amide bonds. The highest BCUT2D eigenvalue weighted by molar-refractivity contribution is 5.95. The van der Waals surface area contributed by atoms with Gasteiger partial charge in [-0.05, 0) is 42.3 Å². The molecule has 0 fully saturated rings. The fraction of sp³-hybridized carbons (Fsp3) is 0.333. The highest BCUT2D eigenvalue weighted by Gasteiger charge is 2.15. The van der Waals surface area contributed by atoms with Crippen molar-refractivity contribution in [3.63, 3.8) is 0 Å². The van der Waals surface area contributed by atoms with Crippen molar-refractivity contribution in [3.05, 3.63) is 53.6 Å². The minimum atomic E-state index is -0.194. The summed E-state index contributed by atoms with van der Waals surface area (Å²) in [6, 6.07) is 12.6. The Labute approximate surface area is 158 Å². The van der Waals surface area contributed by atoms with E-state index in [1.54, 1.807) is 18.2 Å². The second-order valence-corrected chi connectivity index (χ2v) is 6.54. The molecule has 0 saturated heterocycles. The minimum absolute atomic E-state index is 0.00466. The summed E-state index contributed by atoms with van der Waals surface area (Å²) < 4.78 is 11.0. The van der Waals surface area contributed by atoms with Crippen LogP contribution >= 0.6 is 0 Å². The Morgan fingerprint density at radius 2 is 1.85 bits per heavy atom. The summed E-state index contributed by atoms with van der Waals surface area (Å²) in [6.45, 7) is 5.23. The number of hydrogen-bond acceptors (Lipinski definition) is 4. The number of nitrogens with one attached hydrogen (secondary N) is 2. The molecule has 0 aromatic heterocycles. The third-order valence-electron chi connectivity index (χ3n) is 4.51. The molecule has 0 saturated carbocycles. The number of hydrogen-bond donors (Lipinski definition) is 2. The molecule has 3 rings (SSSR count). The smallest absolute Gasteiger partial charge is 0.251 e. The number of benzene rings is 2. The van der Waals surface area contributed by atoms with E-state index in [0.29, 0.717) is 36.8 Å². The Morgan fingerprint density at radius 3 is 2.63 bits per heavy atom. The fourth-order valence-electron chi connectivity index (χ4n) is 2.68. The monoisotopic (exact) mass is 368 g/mol. The first kappa shape index (κ1) is 18.8. The van der Waals surface area contributed by atoms with E-state index >= 15 is 0 Å². The number of fused-ring (bicyclic) bond motifs is 1. The predicted molar refractivity (Wildman–Crippen MR) is 103 cm³/mol. The maximum absolute atomic E-state index is 12.4. The van der Waals surface area contributed by atoms with Crippen LogP contribution in [0.5, 0.6) is 11.5 Å². The van der Waals surface area contributed by atoms with Gasteiger partial charge in [0.15, 0.2) is 11.5 Å². The van der Waals surface area contributed by atoms with Crippen molar-refractivity contribution in [1.82, 2.24) is 5.32 Å². The molecule has 0 radical (unpaired) electrons. The van der Waals surface area contributed by atoms with Crippen molar-refractivity contribution in [2.24, 2.45) is 5.92 Å². The maximum Gasteiger partial charge on any atom is 0.251 e. The van der Waals surface area contributed by atoms with E-state index in [1.165, 1.54) is 0 Å². The third kappa shape index (κ3) is 4.78. The number of ether oxygens (including phenoxy) is 2. The predicted octanol–water partition coefficient (Wildman–Crippen LogP) is 3.37. The lowest BCUT2D eigenvalue weighted by Gasteiger charge is -2.18. The first-order valence-corrected chi connectivity index (χ1v) is 9.14. The molecule has 27 heavy (non-hydrogen) atoms. The molecule has 2 aromatic rings. The summed E-state index contributed by atoms with van der Waals surface area (Å²) in [4.78, 5) is 24.4. The molecule has 1 unspecified atom stereocenters. The van der Waals surface area contributed by atoms with Gasteiger partial charge in [-0.25, -0.2) is 0 Å². The number of rotatable bonds is 6. The second-order valence-electron chi connectivity index (χ2n) is 6.54. The van der Waals surface area contributed by atoms with Crippen molar-refractivity contribution < 1.29 is 19.1 Å². The van der Waals surface area contributed by atoms with Crippen LogP contribution in [0.3, 0.4) is 0 Å². The van der Waals surface area contributed by atoms with Crippen LogP contribution in [0.25, 0.3) is 0 Å². The lowest BCUT2D eigenvalue weighted by molar-refractivity contribution is -0.119. The van der Waals surface area contributed by atoms with Gasteiger partial charge in [0.2, 0.25) is 5.91 Å². The number of carbonyl (C=O) groups excluding carboxylic acids is 2. The van der Waals surface area contributed by atoms with E-state index in [1.807, 2.05) is 38.1 Å². The molecule has 0 spiro atoms. The van der Waals surface area contributed by atoms with Crippen LogP contribution in [0.15, 0.2) is 42.5 Å². The van der Waals surface area contributed by atoms with Gasteiger partial charge in [0.05, 0.1) is 0 Å². The summed E-state index contributed by atoms with van der Waals surface area (Å²) in [5.41, 5.74) is 2.15. The van der Waals surface area contributed by atoms with Gasteiger partial charge in [-0.3, -0.25) is 9.59 Å². The average molecular weight is 368 g/mol. The Balaban J connectivity index is 1.60. The highest BCUT2D eigenvalue weighted by atomic mass is 16.6. The van der Waals surface area contributed by atoms with Crippen molar-refractivity contribution in [2.45, 2.75) is 26.8 Å². The van der Waals surface area contributed by atoms with Crippen molar-refractivity contribution in [1.29, 1.82) is 0 Å². The van der Waals surface area contributed by atoms with E-state index in [-0.39, 0.29) is 17.7 Å². The Kier molecular flexibility index (Phi) is 5.96. The molecule has 1 aliphatic rings. The molecule has 0 bridgehead atoms. The van der Waals surface area contributed by atoms with Gasteiger partial charge in [0.25, 0.3) is 5.91 Å². The van der Waals surface area contributed by atoms with Gasteiger partial charge >= 0.3 is 0 Å². The fourth-order valence-corrected chi connectivity index (χ4v) is 2.68. The number of amides is 2. The molecule has 1 atom stereocenters. The molecular weight excluding hydrogens is 344 g/mol. The zero-order valence-corrected chi connectivity index (χ0v) is 15.6. The van der Waals surface area contributed by atoms with Gasteiger partial charge in [0.1, 0.15) is 13.2 Å². The standard InChI is InChI=1S/C21H24N2O4/c1-3-14(2)20(24)23-17-6-4-5-15(11-17)13-22-21(25)16-7-8-18-19(12-16)27-10-9-26-18/h4-8,11-12,14H,3,9-10,13H2,1-2H3,(H,22,25)(H,23,24). The number of anilines is 1. The van der Waals surface area contributed by atoms with E-state index in [0.717, 1.165) is 17.7 Å². The summed E-state index contributed by atoms with van der Waals surface area (Å²) >= 11 is 0. The van der Waals surface area contributed by atoms with Crippen LogP contribution in [0.1, 0.15) is 36.2 Å². The zero-order chi connectivity index (χ0) is 19.2. The van der Waals surface area contributed by atoms with E-state index < -0.39 is 0 Å². The molecule has 1 heterocycles. The first-order chi connectivity index (χ1) is 13.1. The summed E-state index contributed by atoms with van der Waals surface area (Å²) in [5.74, 6) is 1.01. The lowest BCUT2D eigenvalue weighted by atomic mass is 10.1. The molecule has 6 nitrogen and oxygen atoms in total. The van der Waals surface area contributed by atoms with Crippen LogP contribution < -0.4 is 20.1 Å². The summed E-state index contributed by atoms with van der Waals surface area (Å²) in [6.07, 6.45) is 0.789. The molecule has 142 valence electrons. The van der Waals surface area contributed by atoms with Gasteiger partial charge in [-0.15, -0.1) is 0 Å². The topological polar surface area (TPSA) is 76.7 Å². The van der Waals surface area contributed by atoms with Crippen molar-refractivity contribution in [3.8, 4) is 11.5 Å². The van der Waals surface area contributed by atoms with Crippen LogP contribution in [0.4, 0.5) is 5.69 Å². The Bertz CT molecular complexity index is 835.